The van der Waals surface area contributed by atoms with Crippen LogP contribution in [0.15, 0.2) is 48.5 Å². The van der Waals surface area contributed by atoms with Crippen LogP contribution in [0.2, 0.25) is 0 Å². The van der Waals surface area contributed by atoms with Gasteiger partial charge in [0.05, 0.1) is 6.54 Å². The lowest BCUT2D eigenvalue weighted by Crippen LogP contribution is -2.15. The molecular formula is C25H29F2N7. The zero-order valence-electron chi connectivity index (χ0n) is 19.5. The van der Waals surface area contributed by atoms with Gasteiger partial charge in [-0.2, -0.15) is 14.0 Å². The summed E-state index contributed by atoms with van der Waals surface area (Å²) in [6.45, 7) is 4.26. The molecule has 4 rings (SSSR count). The Balaban J connectivity index is 1.54. The monoisotopic (exact) mass is 465 g/mol. The van der Waals surface area contributed by atoms with E-state index in [1.807, 2.05) is 48.5 Å². The first-order valence-corrected chi connectivity index (χ1v) is 11.8. The van der Waals surface area contributed by atoms with Crippen LogP contribution in [0.4, 0.5) is 8.78 Å². The van der Waals surface area contributed by atoms with Gasteiger partial charge in [0.2, 0.25) is 11.6 Å². The molecule has 0 unspecified atom stereocenters. The van der Waals surface area contributed by atoms with E-state index < -0.39 is 5.92 Å². The summed E-state index contributed by atoms with van der Waals surface area (Å²) in [6.07, 6.45) is 3.77. The van der Waals surface area contributed by atoms with E-state index >= 15 is 0 Å². The first kappa shape index (κ1) is 23.7. The molecule has 0 saturated carbocycles. The van der Waals surface area contributed by atoms with Gasteiger partial charge in [-0.25, -0.2) is 9.67 Å². The van der Waals surface area contributed by atoms with E-state index in [0.29, 0.717) is 31.0 Å². The third-order valence-electron chi connectivity index (χ3n) is 5.73. The van der Waals surface area contributed by atoms with Crippen LogP contribution in [0.3, 0.4) is 0 Å². The van der Waals surface area contributed by atoms with Gasteiger partial charge in [-0.05, 0) is 40.8 Å². The summed E-state index contributed by atoms with van der Waals surface area (Å²) >= 11 is 0. The molecule has 1 N–H and O–H groups in total. The van der Waals surface area contributed by atoms with Crippen molar-refractivity contribution in [1.29, 1.82) is 0 Å². The number of nitrogens with one attached hydrogen (secondary N) is 1. The van der Waals surface area contributed by atoms with Crippen molar-refractivity contribution in [2.45, 2.75) is 64.8 Å². The van der Waals surface area contributed by atoms with Gasteiger partial charge >= 0.3 is 5.92 Å². The van der Waals surface area contributed by atoms with Crippen molar-refractivity contribution in [3.8, 4) is 22.5 Å². The van der Waals surface area contributed by atoms with Crippen LogP contribution >= 0.6 is 0 Å². The zero-order chi connectivity index (χ0) is 24.0. The van der Waals surface area contributed by atoms with E-state index in [1.54, 1.807) is 11.6 Å². The fraction of sp³-hybridized carbons (Fsp3) is 0.400. The number of hydrogen-bond donors (Lipinski definition) is 1. The van der Waals surface area contributed by atoms with Crippen LogP contribution in [0.5, 0.6) is 0 Å². The summed E-state index contributed by atoms with van der Waals surface area (Å²) < 4.78 is 30.6. The summed E-state index contributed by atoms with van der Waals surface area (Å²) in [5.41, 5.74) is 3.91. The quantitative estimate of drug-likeness (QED) is 0.283. The Bertz CT molecular complexity index is 1180. The second kappa shape index (κ2) is 10.6. The molecule has 34 heavy (non-hydrogen) atoms. The highest BCUT2D eigenvalue weighted by atomic mass is 19.3. The van der Waals surface area contributed by atoms with Gasteiger partial charge in [0, 0.05) is 18.4 Å². The molecule has 0 spiro atoms. The molecule has 178 valence electrons. The van der Waals surface area contributed by atoms with Crippen molar-refractivity contribution in [1.82, 2.24) is 35.4 Å². The molecule has 0 aliphatic carbocycles. The summed E-state index contributed by atoms with van der Waals surface area (Å²) in [6, 6.07) is 15.9. The molecule has 2 aromatic heterocycles. The standard InChI is InChI=1S/C25H29F2N7/c1-3-5-6-10-22-28-24(25(26,27)15-4-2)31-34(22)17-18-11-13-19(14-12-18)20-8-7-9-21(16-20)23-29-32-33-30-23/h7-9,11-14,16H,3-6,10,15,17H2,1-2H3,(H,29,30,32,33). The molecule has 0 aliphatic rings. The number of tetrazole rings is 1. The summed E-state index contributed by atoms with van der Waals surface area (Å²) in [5, 5.41) is 18.4. The first-order chi connectivity index (χ1) is 16.5. The van der Waals surface area contributed by atoms with Gasteiger partial charge in [-0.1, -0.05) is 69.2 Å². The van der Waals surface area contributed by atoms with Gasteiger partial charge in [0.15, 0.2) is 0 Å². The van der Waals surface area contributed by atoms with Crippen LogP contribution in [-0.4, -0.2) is 35.4 Å². The van der Waals surface area contributed by atoms with Crippen LogP contribution in [0.1, 0.15) is 63.2 Å². The fourth-order valence-electron chi connectivity index (χ4n) is 3.90. The Morgan fingerprint density at radius 2 is 1.74 bits per heavy atom. The minimum Gasteiger partial charge on any atom is -0.245 e. The lowest BCUT2D eigenvalue weighted by Gasteiger charge is -2.10. The van der Waals surface area contributed by atoms with Crippen LogP contribution in [0.25, 0.3) is 22.5 Å². The highest BCUT2D eigenvalue weighted by Gasteiger charge is 2.36. The first-order valence-electron chi connectivity index (χ1n) is 11.8. The van der Waals surface area contributed by atoms with Gasteiger partial charge < -0.3 is 0 Å². The number of aromatic amines is 1. The van der Waals surface area contributed by atoms with Crippen molar-refractivity contribution in [3.05, 3.63) is 65.7 Å². The molecule has 0 saturated heterocycles. The Morgan fingerprint density at radius 1 is 0.941 bits per heavy atom. The average Bonchev–Trinajstić information content (AvgIpc) is 3.51. The second-order valence-electron chi connectivity index (χ2n) is 8.43. The van der Waals surface area contributed by atoms with Crippen molar-refractivity contribution >= 4 is 0 Å². The largest absolute Gasteiger partial charge is 0.308 e. The number of halogens is 2. The predicted octanol–water partition coefficient (Wildman–Crippen LogP) is 5.80. The number of rotatable bonds is 11. The van der Waals surface area contributed by atoms with E-state index in [9.17, 15) is 8.78 Å². The lowest BCUT2D eigenvalue weighted by atomic mass is 10.0. The Kier molecular flexibility index (Phi) is 7.40. The number of nitrogens with zero attached hydrogens (tertiary/aromatic N) is 6. The number of benzene rings is 2. The summed E-state index contributed by atoms with van der Waals surface area (Å²) in [7, 11) is 0. The van der Waals surface area contributed by atoms with Gasteiger partial charge in [-0.3, -0.25) is 0 Å². The predicted molar refractivity (Wildman–Crippen MR) is 126 cm³/mol. The molecule has 0 fully saturated rings. The van der Waals surface area contributed by atoms with Gasteiger partial charge in [0.1, 0.15) is 5.82 Å². The number of unbranched alkanes of at least 4 members (excludes halogenated alkanes) is 2. The Labute approximate surface area is 197 Å². The zero-order valence-corrected chi connectivity index (χ0v) is 19.5. The molecule has 0 aliphatic heterocycles. The third-order valence-corrected chi connectivity index (χ3v) is 5.73. The molecule has 0 bridgehead atoms. The Hall–Kier alpha value is -3.49. The minimum absolute atomic E-state index is 0.247. The molecule has 7 nitrogen and oxygen atoms in total. The van der Waals surface area contributed by atoms with Gasteiger partial charge in [-0.15, -0.1) is 15.3 Å². The van der Waals surface area contributed by atoms with Crippen LogP contribution in [0, 0.1) is 0 Å². The highest BCUT2D eigenvalue weighted by Crippen LogP contribution is 2.31. The smallest absolute Gasteiger partial charge is 0.245 e. The molecule has 4 aromatic rings. The molecule has 2 aromatic carbocycles. The highest BCUT2D eigenvalue weighted by molar-refractivity contribution is 5.70. The maximum atomic E-state index is 14.5. The van der Waals surface area contributed by atoms with Crippen molar-refractivity contribution in [2.75, 3.05) is 0 Å². The maximum absolute atomic E-state index is 14.5. The number of aromatic nitrogens is 7. The van der Waals surface area contributed by atoms with E-state index in [1.165, 1.54) is 0 Å². The third kappa shape index (κ3) is 5.52. The number of hydrogen-bond acceptors (Lipinski definition) is 5. The second-order valence-corrected chi connectivity index (χ2v) is 8.43. The number of aryl methyl sites for hydroxylation is 1. The Morgan fingerprint density at radius 3 is 2.44 bits per heavy atom. The van der Waals surface area contributed by atoms with E-state index in [0.717, 1.165) is 41.5 Å². The molecule has 9 heteroatoms. The van der Waals surface area contributed by atoms with Crippen molar-refractivity contribution < 1.29 is 8.78 Å². The minimum atomic E-state index is -3.01. The molecule has 0 atom stereocenters. The number of alkyl halides is 2. The molecule has 2 heterocycles. The SMILES string of the molecule is CCCCCc1nc(C(F)(F)CCC)nn1Cc1ccc(-c2cccc(-c3nn[nH]n3)c2)cc1. The maximum Gasteiger partial charge on any atom is 0.308 e. The summed E-state index contributed by atoms with van der Waals surface area (Å²) in [4.78, 5) is 4.25. The summed E-state index contributed by atoms with van der Waals surface area (Å²) in [5.74, 6) is -2.21. The average molecular weight is 466 g/mol. The van der Waals surface area contributed by atoms with E-state index in [2.05, 4.69) is 37.6 Å². The molecule has 0 amide bonds. The normalized spacial score (nSPS) is 11.8. The topological polar surface area (TPSA) is 85.2 Å². The molecular weight excluding hydrogens is 436 g/mol. The van der Waals surface area contributed by atoms with Gasteiger partial charge in [0.25, 0.3) is 0 Å². The van der Waals surface area contributed by atoms with Crippen molar-refractivity contribution in [2.24, 2.45) is 0 Å². The van der Waals surface area contributed by atoms with E-state index in [-0.39, 0.29) is 12.2 Å². The van der Waals surface area contributed by atoms with E-state index in [4.69, 9.17) is 0 Å². The van der Waals surface area contributed by atoms with Crippen LogP contribution in [-0.2, 0) is 18.9 Å². The number of H-pyrrole nitrogens is 1. The molecule has 0 radical (unpaired) electrons. The lowest BCUT2D eigenvalue weighted by molar-refractivity contribution is -0.0232. The fourth-order valence-corrected chi connectivity index (χ4v) is 3.90. The van der Waals surface area contributed by atoms with Crippen LogP contribution < -0.4 is 0 Å². The van der Waals surface area contributed by atoms with Crippen molar-refractivity contribution in [3.63, 3.8) is 0 Å².